The van der Waals surface area contributed by atoms with E-state index in [0.717, 1.165) is 36.3 Å². The highest BCUT2D eigenvalue weighted by Gasteiger charge is 2.25. The summed E-state index contributed by atoms with van der Waals surface area (Å²) in [5.41, 5.74) is 4.66. The first-order chi connectivity index (χ1) is 16.7. The van der Waals surface area contributed by atoms with Gasteiger partial charge in [0.25, 0.3) is 0 Å². The quantitative estimate of drug-likeness (QED) is 0.385. The second-order valence-corrected chi connectivity index (χ2v) is 9.30. The van der Waals surface area contributed by atoms with Crippen molar-refractivity contribution in [3.63, 3.8) is 0 Å². The summed E-state index contributed by atoms with van der Waals surface area (Å²) >= 11 is 1.87. The number of carboxylic acid groups (broad SMARTS) is 1. The number of thioether (sulfide) groups is 1. The van der Waals surface area contributed by atoms with Gasteiger partial charge >= 0.3 is 5.97 Å². The summed E-state index contributed by atoms with van der Waals surface area (Å²) in [5, 5.41) is 11.8. The summed E-state index contributed by atoms with van der Waals surface area (Å²) in [7, 11) is 0. The zero-order chi connectivity index (χ0) is 23.8. The molecule has 0 spiro atoms. The molecule has 0 aromatic heterocycles. The van der Waals surface area contributed by atoms with Crippen molar-refractivity contribution in [2.45, 2.75) is 44.0 Å². The summed E-state index contributed by atoms with van der Waals surface area (Å²) < 4.78 is 17.0. The number of aliphatic carboxylic acids is 1. The number of hydrogen-bond donors (Lipinski definition) is 1. The van der Waals surface area contributed by atoms with Crippen molar-refractivity contribution < 1.29 is 24.1 Å². The Hall–Kier alpha value is -2.96. The predicted octanol–water partition coefficient (Wildman–Crippen LogP) is 6.26. The van der Waals surface area contributed by atoms with E-state index in [4.69, 9.17) is 14.2 Å². The molecular formula is C28H30O5S. The van der Waals surface area contributed by atoms with Gasteiger partial charge in [-0.2, -0.15) is 0 Å². The Labute approximate surface area is 205 Å². The number of unbranched alkanes of at least 4 members (excludes halogenated alkanes) is 1. The lowest BCUT2D eigenvalue weighted by molar-refractivity contribution is -0.149. The molecule has 178 valence electrons. The van der Waals surface area contributed by atoms with Crippen LogP contribution in [0.25, 0.3) is 5.57 Å². The van der Waals surface area contributed by atoms with Crippen LogP contribution in [-0.2, 0) is 16.0 Å². The fraction of sp³-hybridized carbons (Fsp3) is 0.321. The van der Waals surface area contributed by atoms with Crippen molar-refractivity contribution in [2.75, 3.05) is 13.2 Å². The number of carbonyl (C=O) groups is 1. The Morgan fingerprint density at radius 2 is 1.94 bits per heavy atom. The average molecular weight is 479 g/mol. The largest absolute Gasteiger partial charge is 0.494 e. The topological polar surface area (TPSA) is 65.0 Å². The first kappa shape index (κ1) is 24.2. The molecule has 0 aliphatic carbocycles. The van der Waals surface area contributed by atoms with Gasteiger partial charge in [0, 0.05) is 23.8 Å². The maximum Gasteiger partial charge on any atom is 0.333 e. The molecule has 2 aromatic carbocycles. The number of fused-ring (bicyclic) bond motifs is 2. The van der Waals surface area contributed by atoms with Gasteiger partial charge in [0.15, 0.2) is 6.10 Å². The summed E-state index contributed by atoms with van der Waals surface area (Å²) in [5.74, 6) is 0.770. The molecule has 0 radical (unpaired) electrons. The SMILES string of the molecule is CCOC(Cc1ccc(OCCCCC2SC=CC3=C2c2ccccc2OC=C3)cc1)C(=O)O. The fourth-order valence-corrected chi connectivity index (χ4v) is 5.30. The maximum atomic E-state index is 11.3. The van der Waals surface area contributed by atoms with E-state index in [1.807, 2.05) is 48.2 Å². The lowest BCUT2D eigenvalue weighted by atomic mass is 9.93. The van der Waals surface area contributed by atoms with E-state index in [1.165, 1.54) is 16.7 Å². The van der Waals surface area contributed by atoms with Crippen LogP contribution in [0.5, 0.6) is 11.5 Å². The molecule has 0 saturated heterocycles. The zero-order valence-corrected chi connectivity index (χ0v) is 20.1. The van der Waals surface area contributed by atoms with E-state index in [0.29, 0.717) is 24.9 Å². The Kier molecular flexibility index (Phi) is 8.50. The number of allylic oxidation sites excluding steroid dienone is 3. The molecule has 0 saturated carbocycles. The van der Waals surface area contributed by atoms with E-state index < -0.39 is 12.1 Å². The summed E-state index contributed by atoms with van der Waals surface area (Å²) in [4.78, 5) is 11.3. The lowest BCUT2D eigenvalue weighted by Crippen LogP contribution is -2.26. The van der Waals surface area contributed by atoms with Crippen LogP contribution < -0.4 is 9.47 Å². The number of ether oxygens (including phenoxy) is 3. The number of rotatable bonds is 11. The number of benzene rings is 2. The van der Waals surface area contributed by atoms with E-state index in [1.54, 1.807) is 13.2 Å². The van der Waals surface area contributed by atoms with Crippen LogP contribution in [-0.4, -0.2) is 35.6 Å². The smallest absolute Gasteiger partial charge is 0.333 e. The van der Waals surface area contributed by atoms with Crippen molar-refractivity contribution in [1.29, 1.82) is 0 Å². The Morgan fingerprint density at radius 1 is 1.12 bits per heavy atom. The Morgan fingerprint density at radius 3 is 2.74 bits per heavy atom. The first-order valence-electron chi connectivity index (χ1n) is 11.7. The van der Waals surface area contributed by atoms with E-state index in [2.05, 4.69) is 29.7 Å². The van der Waals surface area contributed by atoms with E-state index >= 15 is 0 Å². The van der Waals surface area contributed by atoms with Crippen LogP contribution in [0.3, 0.4) is 0 Å². The van der Waals surface area contributed by atoms with Gasteiger partial charge in [-0.1, -0.05) is 30.3 Å². The molecule has 2 atom stereocenters. The molecular weight excluding hydrogens is 448 g/mol. The van der Waals surface area contributed by atoms with Gasteiger partial charge in [0.2, 0.25) is 0 Å². The summed E-state index contributed by atoms with van der Waals surface area (Å²) in [6.07, 6.45) is 8.60. The lowest BCUT2D eigenvalue weighted by Gasteiger charge is -2.24. The molecule has 2 heterocycles. The molecule has 2 aliphatic rings. The number of carboxylic acids is 1. The summed E-state index contributed by atoms with van der Waals surface area (Å²) in [6.45, 7) is 2.82. The predicted molar refractivity (Wildman–Crippen MR) is 136 cm³/mol. The third-order valence-corrected chi connectivity index (χ3v) is 6.95. The highest BCUT2D eigenvalue weighted by atomic mass is 32.2. The van der Waals surface area contributed by atoms with Crippen LogP contribution in [0.1, 0.15) is 37.3 Å². The highest BCUT2D eigenvalue weighted by molar-refractivity contribution is 8.03. The summed E-state index contributed by atoms with van der Waals surface area (Å²) in [6, 6.07) is 15.8. The molecule has 34 heavy (non-hydrogen) atoms. The van der Waals surface area contributed by atoms with Crippen molar-refractivity contribution >= 4 is 23.3 Å². The molecule has 0 bridgehead atoms. The molecule has 2 unspecified atom stereocenters. The molecule has 4 rings (SSSR count). The molecule has 0 fully saturated rings. The Bertz CT molecular complexity index is 1070. The fourth-order valence-electron chi connectivity index (χ4n) is 4.19. The van der Waals surface area contributed by atoms with Crippen LogP contribution in [0, 0.1) is 0 Å². The first-order valence-corrected chi connectivity index (χ1v) is 12.6. The third kappa shape index (κ3) is 6.13. The van der Waals surface area contributed by atoms with Crippen molar-refractivity contribution in [1.82, 2.24) is 0 Å². The number of para-hydroxylation sites is 1. The van der Waals surface area contributed by atoms with Crippen molar-refractivity contribution in [3.05, 3.63) is 89.1 Å². The van der Waals surface area contributed by atoms with Crippen LogP contribution in [0.2, 0.25) is 0 Å². The van der Waals surface area contributed by atoms with Gasteiger partial charge in [0.05, 0.1) is 12.9 Å². The molecule has 1 N–H and O–H groups in total. The molecule has 0 amide bonds. The van der Waals surface area contributed by atoms with Gasteiger partial charge in [-0.05, 0) is 78.7 Å². The zero-order valence-electron chi connectivity index (χ0n) is 19.3. The standard InChI is InChI=1S/C28H30O5S/c1-2-31-25(28(29)30)19-20-10-12-22(13-11-20)32-16-6-5-9-26-27-21(15-18-34-26)14-17-33-24-8-4-3-7-23(24)27/h3-4,7-8,10-15,17-18,25-26H,2,5-6,9,16,19H2,1H3,(H,29,30). The maximum absolute atomic E-state index is 11.3. The minimum atomic E-state index is -0.937. The second kappa shape index (κ2) is 12.0. The van der Waals surface area contributed by atoms with Crippen molar-refractivity contribution in [2.24, 2.45) is 0 Å². The molecule has 2 aromatic rings. The van der Waals surface area contributed by atoms with Gasteiger partial charge in [-0.15, -0.1) is 11.8 Å². The molecule has 2 aliphatic heterocycles. The van der Waals surface area contributed by atoms with E-state index in [9.17, 15) is 9.90 Å². The van der Waals surface area contributed by atoms with Gasteiger partial charge in [0.1, 0.15) is 11.5 Å². The molecule has 6 heteroatoms. The minimum Gasteiger partial charge on any atom is -0.494 e. The number of hydrogen-bond acceptors (Lipinski definition) is 5. The van der Waals surface area contributed by atoms with Gasteiger partial charge < -0.3 is 19.3 Å². The normalized spacial score (nSPS) is 17.4. The van der Waals surface area contributed by atoms with Crippen LogP contribution in [0.4, 0.5) is 0 Å². The van der Waals surface area contributed by atoms with Crippen LogP contribution >= 0.6 is 11.8 Å². The van der Waals surface area contributed by atoms with Gasteiger partial charge in [-0.3, -0.25) is 0 Å². The minimum absolute atomic E-state index is 0.345. The Balaban J connectivity index is 1.26. The third-order valence-electron chi connectivity index (χ3n) is 5.86. The van der Waals surface area contributed by atoms with Gasteiger partial charge in [-0.25, -0.2) is 4.79 Å². The second-order valence-electron chi connectivity index (χ2n) is 8.19. The van der Waals surface area contributed by atoms with E-state index in [-0.39, 0.29) is 0 Å². The molecule has 5 nitrogen and oxygen atoms in total. The highest BCUT2D eigenvalue weighted by Crippen LogP contribution is 2.43. The average Bonchev–Trinajstić information content (AvgIpc) is 3.04. The monoisotopic (exact) mass is 478 g/mol. The van der Waals surface area contributed by atoms with Crippen molar-refractivity contribution in [3.8, 4) is 11.5 Å². The van der Waals surface area contributed by atoms with Crippen LogP contribution in [0.15, 0.2) is 77.9 Å².